The van der Waals surface area contributed by atoms with Crippen LogP contribution < -0.4 is 5.32 Å². The highest BCUT2D eigenvalue weighted by atomic mass is 16.6. The zero-order chi connectivity index (χ0) is 14.5. The minimum atomic E-state index is -0.434. The summed E-state index contributed by atoms with van der Waals surface area (Å²) in [5.74, 6) is 0.682. The second kappa shape index (κ2) is 6.14. The van der Waals surface area contributed by atoms with Gasteiger partial charge in [0.05, 0.1) is 4.92 Å². The lowest BCUT2D eigenvalue weighted by Gasteiger charge is -2.11. The molecule has 0 saturated heterocycles. The van der Waals surface area contributed by atoms with E-state index < -0.39 is 4.92 Å². The Morgan fingerprint density at radius 3 is 2.60 bits per heavy atom. The Morgan fingerprint density at radius 2 is 2.00 bits per heavy atom. The van der Waals surface area contributed by atoms with Crippen LogP contribution in [-0.2, 0) is 13.0 Å². The van der Waals surface area contributed by atoms with Gasteiger partial charge >= 0.3 is 0 Å². The topological polar surface area (TPSA) is 68.1 Å². The molecule has 5 nitrogen and oxygen atoms in total. The van der Waals surface area contributed by atoms with Crippen LogP contribution in [0.2, 0.25) is 0 Å². The van der Waals surface area contributed by atoms with E-state index in [1.54, 1.807) is 0 Å². The third-order valence-corrected chi connectivity index (χ3v) is 3.22. The standard InChI is InChI=1S/C15H17N3O2/c1-3-12-6-4-5-7-13(12)9-16-15-11(2)8-14(10-17-15)18(19)20/h4-8,10H,3,9H2,1-2H3,(H,16,17). The molecule has 0 atom stereocenters. The average Bonchev–Trinajstić information content (AvgIpc) is 2.46. The normalized spacial score (nSPS) is 10.3. The number of nitro groups is 1. The van der Waals surface area contributed by atoms with E-state index >= 15 is 0 Å². The van der Waals surface area contributed by atoms with Gasteiger partial charge in [0.2, 0.25) is 0 Å². The van der Waals surface area contributed by atoms with E-state index in [0.717, 1.165) is 12.0 Å². The van der Waals surface area contributed by atoms with Crippen LogP contribution in [0.5, 0.6) is 0 Å². The van der Waals surface area contributed by atoms with Crippen molar-refractivity contribution < 1.29 is 4.92 Å². The second-order valence-corrected chi connectivity index (χ2v) is 4.59. The van der Waals surface area contributed by atoms with Gasteiger partial charge in [-0.2, -0.15) is 0 Å². The number of hydrogen-bond donors (Lipinski definition) is 1. The number of aryl methyl sites for hydroxylation is 2. The summed E-state index contributed by atoms with van der Waals surface area (Å²) in [6.45, 7) is 4.60. The van der Waals surface area contributed by atoms with Crippen molar-refractivity contribution in [3.05, 3.63) is 63.3 Å². The van der Waals surface area contributed by atoms with Crippen LogP contribution in [0.25, 0.3) is 0 Å². The maximum atomic E-state index is 10.7. The molecule has 0 aliphatic heterocycles. The van der Waals surface area contributed by atoms with Crippen molar-refractivity contribution in [1.29, 1.82) is 0 Å². The summed E-state index contributed by atoms with van der Waals surface area (Å²) < 4.78 is 0. The van der Waals surface area contributed by atoms with Gasteiger partial charge in [0.25, 0.3) is 5.69 Å². The molecule has 1 heterocycles. The number of hydrogen-bond acceptors (Lipinski definition) is 4. The molecule has 1 N–H and O–H groups in total. The number of nitrogens with one attached hydrogen (secondary N) is 1. The van der Waals surface area contributed by atoms with Crippen molar-refractivity contribution in [2.45, 2.75) is 26.8 Å². The zero-order valence-electron chi connectivity index (χ0n) is 11.6. The molecule has 0 amide bonds. The van der Waals surface area contributed by atoms with Crippen LogP contribution >= 0.6 is 0 Å². The van der Waals surface area contributed by atoms with E-state index in [2.05, 4.69) is 29.4 Å². The summed E-state index contributed by atoms with van der Waals surface area (Å²) in [6, 6.07) is 9.74. The van der Waals surface area contributed by atoms with Crippen LogP contribution in [0.3, 0.4) is 0 Å². The number of aromatic nitrogens is 1. The highest BCUT2D eigenvalue weighted by Gasteiger charge is 2.09. The van der Waals surface area contributed by atoms with Gasteiger partial charge in [0.1, 0.15) is 12.0 Å². The first kappa shape index (κ1) is 14.0. The van der Waals surface area contributed by atoms with Gasteiger partial charge in [0.15, 0.2) is 0 Å². The molecule has 2 rings (SSSR count). The van der Waals surface area contributed by atoms with E-state index in [1.165, 1.54) is 23.4 Å². The first-order valence-electron chi connectivity index (χ1n) is 6.53. The molecule has 0 aliphatic carbocycles. The van der Waals surface area contributed by atoms with Crippen molar-refractivity contribution in [3.63, 3.8) is 0 Å². The Bertz CT molecular complexity index is 626. The molecule has 0 fully saturated rings. The summed E-state index contributed by atoms with van der Waals surface area (Å²) in [4.78, 5) is 14.4. The molecule has 1 aromatic carbocycles. The van der Waals surface area contributed by atoms with Gasteiger partial charge < -0.3 is 5.32 Å². The fraction of sp³-hybridized carbons (Fsp3) is 0.267. The second-order valence-electron chi connectivity index (χ2n) is 4.59. The number of anilines is 1. The fourth-order valence-corrected chi connectivity index (χ4v) is 2.10. The van der Waals surface area contributed by atoms with E-state index in [1.807, 2.05) is 19.1 Å². The Hall–Kier alpha value is -2.43. The maximum absolute atomic E-state index is 10.7. The van der Waals surface area contributed by atoms with E-state index in [4.69, 9.17) is 0 Å². The molecule has 0 saturated carbocycles. The Kier molecular flexibility index (Phi) is 4.30. The summed E-state index contributed by atoms with van der Waals surface area (Å²) >= 11 is 0. The monoisotopic (exact) mass is 271 g/mol. The first-order valence-corrected chi connectivity index (χ1v) is 6.53. The summed E-state index contributed by atoms with van der Waals surface area (Å²) in [5.41, 5.74) is 3.30. The molecular weight excluding hydrogens is 254 g/mol. The predicted molar refractivity (Wildman–Crippen MR) is 78.8 cm³/mol. The van der Waals surface area contributed by atoms with Gasteiger partial charge in [-0.25, -0.2) is 4.98 Å². The third-order valence-electron chi connectivity index (χ3n) is 3.22. The fourth-order valence-electron chi connectivity index (χ4n) is 2.10. The Labute approximate surface area is 117 Å². The predicted octanol–water partition coefficient (Wildman–Crippen LogP) is 3.47. The number of rotatable bonds is 5. The van der Waals surface area contributed by atoms with Crippen LogP contribution in [0.1, 0.15) is 23.6 Å². The third kappa shape index (κ3) is 3.12. The van der Waals surface area contributed by atoms with Crippen molar-refractivity contribution in [2.75, 3.05) is 5.32 Å². The number of nitrogens with zero attached hydrogens (tertiary/aromatic N) is 2. The first-order chi connectivity index (χ1) is 9.61. The minimum Gasteiger partial charge on any atom is -0.366 e. The molecule has 0 unspecified atom stereocenters. The molecule has 0 bridgehead atoms. The molecule has 0 radical (unpaired) electrons. The van der Waals surface area contributed by atoms with Crippen LogP contribution in [0.4, 0.5) is 11.5 Å². The van der Waals surface area contributed by atoms with Gasteiger partial charge in [-0.3, -0.25) is 10.1 Å². The molecule has 0 spiro atoms. The van der Waals surface area contributed by atoms with Crippen molar-refractivity contribution in [2.24, 2.45) is 0 Å². The Morgan fingerprint density at radius 1 is 1.30 bits per heavy atom. The quantitative estimate of drug-likeness (QED) is 0.667. The van der Waals surface area contributed by atoms with Crippen molar-refractivity contribution in [1.82, 2.24) is 4.98 Å². The van der Waals surface area contributed by atoms with Gasteiger partial charge in [0, 0.05) is 12.6 Å². The largest absolute Gasteiger partial charge is 0.366 e. The van der Waals surface area contributed by atoms with Gasteiger partial charge in [-0.1, -0.05) is 31.2 Å². The number of benzene rings is 1. The SMILES string of the molecule is CCc1ccccc1CNc1ncc([N+](=O)[O-])cc1C. The average molecular weight is 271 g/mol. The highest BCUT2D eigenvalue weighted by Crippen LogP contribution is 2.19. The zero-order valence-corrected chi connectivity index (χ0v) is 11.6. The molecule has 2 aromatic rings. The summed E-state index contributed by atoms with van der Waals surface area (Å²) in [6.07, 6.45) is 2.26. The van der Waals surface area contributed by atoms with Crippen LogP contribution in [-0.4, -0.2) is 9.91 Å². The van der Waals surface area contributed by atoms with Crippen LogP contribution in [0.15, 0.2) is 36.5 Å². The molecule has 5 heteroatoms. The van der Waals surface area contributed by atoms with Crippen LogP contribution in [0, 0.1) is 17.0 Å². The van der Waals surface area contributed by atoms with E-state index in [0.29, 0.717) is 12.4 Å². The van der Waals surface area contributed by atoms with Gasteiger partial charge in [-0.15, -0.1) is 0 Å². The Balaban J connectivity index is 2.13. The highest BCUT2D eigenvalue weighted by molar-refractivity contribution is 5.48. The van der Waals surface area contributed by atoms with E-state index in [-0.39, 0.29) is 5.69 Å². The summed E-state index contributed by atoms with van der Waals surface area (Å²) in [5, 5.41) is 13.9. The number of pyridine rings is 1. The maximum Gasteiger partial charge on any atom is 0.287 e. The lowest BCUT2D eigenvalue weighted by atomic mass is 10.1. The lowest BCUT2D eigenvalue weighted by Crippen LogP contribution is -2.05. The molecule has 104 valence electrons. The molecule has 0 aliphatic rings. The lowest BCUT2D eigenvalue weighted by molar-refractivity contribution is -0.385. The van der Waals surface area contributed by atoms with Gasteiger partial charge in [-0.05, 0) is 30.0 Å². The van der Waals surface area contributed by atoms with Crippen molar-refractivity contribution >= 4 is 11.5 Å². The molecule has 1 aromatic heterocycles. The minimum absolute atomic E-state index is 0.0157. The molecular formula is C15H17N3O2. The van der Waals surface area contributed by atoms with E-state index in [9.17, 15) is 10.1 Å². The smallest absolute Gasteiger partial charge is 0.287 e. The molecule has 20 heavy (non-hydrogen) atoms. The summed E-state index contributed by atoms with van der Waals surface area (Å²) in [7, 11) is 0. The van der Waals surface area contributed by atoms with Crippen molar-refractivity contribution in [3.8, 4) is 0 Å².